The van der Waals surface area contributed by atoms with Gasteiger partial charge in [-0.1, -0.05) is 29.3 Å². The molecule has 1 rings (SSSR count). The van der Waals surface area contributed by atoms with Gasteiger partial charge < -0.3 is 4.74 Å². The number of unbranched alkanes of at least 4 members (excludes halogenated alkanes) is 1. The van der Waals surface area contributed by atoms with Crippen LogP contribution in [0.4, 0.5) is 0 Å². The van der Waals surface area contributed by atoms with E-state index in [9.17, 15) is 0 Å². The zero-order valence-electron chi connectivity index (χ0n) is 7.67. The van der Waals surface area contributed by atoms with Gasteiger partial charge >= 0.3 is 0 Å². The summed E-state index contributed by atoms with van der Waals surface area (Å²) in [6, 6.07) is 5.33. The molecule has 4 heteroatoms. The van der Waals surface area contributed by atoms with Crippen molar-refractivity contribution in [1.29, 1.82) is 0 Å². The summed E-state index contributed by atoms with van der Waals surface area (Å²) in [5.74, 6) is 1.45. The Labute approximate surface area is 99.8 Å². The average Bonchev–Trinajstić information content (AvgIpc) is 2.16. The van der Waals surface area contributed by atoms with Crippen molar-refractivity contribution in [2.75, 3.05) is 12.4 Å². The van der Waals surface area contributed by atoms with Gasteiger partial charge in [0.15, 0.2) is 5.75 Å². The van der Waals surface area contributed by atoms with E-state index in [1.807, 2.05) is 0 Å². The Bertz CT molecular complexity index is 271. The van der Waals surface area contributed by atoms with Crippen LogP contribution in [0.1, 0.15) is 12.8 Å². The van der Waals surface area contributed by atoms with Crippen LogP contribution in [0.15, 0.2) is 18.2 Å². The smallest absolute Gasteiger partial charge is 0.156 e. The van der Waals surface area contributed by atoms with Crippen LogP contribution in [0, 0.1) is 0 Å². The third-order valence-electron chi connectivity index (χ3n) is 1.72. The van der Waals surface area contributed by atoms with E-state index in [1.54, 1.807) is 18.2 Å². The number of ether oxygens (including phenoxy) is 1. The van der Waals surface area contributed by atoms with Gasteiger partial charge in [0.05, 0.1) is 16.7 Å². The summed E-state index contributed by atoms with van der Waals surface area (Å²) in [5, 5.41) is 1.12. The van der Waals surface area contributed by atoms with E-state index in [0.717, 1.165) is 18.6 Å². The summed E-state index contributed by atoms with van der Waals surface area (Å²) in [4.78, 5) is 0. The van der Waals surface area contributed by atoms with Crippen LogP contribution in [0.3, 0.4) is 0 Å². The fraction of sp³-hybridized carbons (Fsp3) is 0.400. The Kier molecular flexibility index (Phi) is 5.53. The Morgan fingerprint density at radius 1 is 1.14 bits per heavy atom. The Hall–Kier alpha value is -0.0500. The van der Waals surface area contributed by atoms with Gasteiger partial charge in [0.25, 0.3) is 0 Å². The second-order valence-corrected chi connectivity index (χ2v) is 4.09. The van der Waals surface area contributed by atoms with Gasteiger partial charge in [-0.25, -0.2) is 0 Å². The van der Waals surface area contributed by atoms with Crippen LogP contribution < -0.4 is 4.74 Å². The molecule has 1 nitrogen and oxygen atoms in total. The van der Waals surface area contributed by atoms with E-state index in [-0.39, 0.29) is 0 Å². The van der Waals surface area contributed by atoms with E-state index in [0.29, 0.717) is 22.4 Å². The fourth-order valence-corrected chi connectivity index (χ4v) is 1.74. The molecule has 1 aromatic carbocycles. The van der Waals surface area contributed by atoms with Crippen LogP contribution in [0.2, 0.25) is 10.0 Å². The quantitative estimate of drug-likeness (QED) is 0.612. The average molecular weight is 251 g/mol. The molecule has 0 amide bonds. The minimum atomic E-state index is 0.559. The van der Waals surface area contributed by atoms with Crippen molar-refractivity contribution in [3.63, 3.8) is 0 Å². The molecule has 0 bridgehead atoms. The number of thiol groups is 1. The molecule has 78 valence electrons. The number of para-hydroxylation sites is 1. The van der Waals surface area contributed by atoms with E-state index in [4.69, 9.17) is 27.9 Å². The molecule has 0 radical (unpaired) electrons. The van der Waals surface area contributed by atoms with E-state index < -0.39 is 0 Å². The molecule has 0 saturated heterocycles. The predicted octanol–water partition coefficient (Wildman–Crippen LogP) is 4.08. The molecule has 14 heavy (non-hydrogen) atoms. The lowest BCUT2D eigenvalue weighted by Crippen LogP contribution is -1.98. The minimum Gasteiger partial charge on any atom is -0.490 e. The molecule has 0 aliphatic rings. The first-order valence-corrected chi connectivity index (χ1v) is 5.82. The molecule has 0 aliphatic carbocycles. The van der Waals surface area contributed by atoms with Crippen LogP contribution in [-0.2, 0) is 0 Å². The van der Waals surface area contributed by atoms with Crippen molar-refractivity contribution >= 4 is 35.8 Å². The molecule has 0 fully saturated rings. The monoisotopic (exact) mass is 250 g/mol. The van der Waals surface area contributed by atoms with Crippen LogP contribution in [0.25, 0.3) is 0 Å². The highest BCUT2D eigenvalue weighted by Crippen LogP contribution is 2.32. The molecule has 0 heterocycles. The second-order valence-electron chi connectivity index (χ2n) is 2.83. The van der Waals surface area contributed by atoms with Gasteiger partial charge in [-0.15, -0.1) is 0 Å². The topological polar surface area (TPSA) is 9.23 Å². The van der Waals surface area contributed by atoms with Gasteiger partial charge in [0.1, 0.15) is 0 Å². The molecule has 0 saturated carbocycles. The van der Waals surface area contributed by atoms with Gasteiger partial charge in [0.2, 0.25) is 0 Å². The van der Waals surface area contributed by atoms with Crippen molar-refractivity contribution in [1.82, 2.24) is 0 Å². The van der Waals surface area contributed by atoms with E-state index >= 15 is 0 Å². The molecule has 1 aromatic rings. The first-order valence-electron chi connectivity index (χ1n) is 4.43. The SMILES string of the molecule is SCCCCOc1c(Cl)cccc1Cl. The zero-order valence-corrected chi connectivity index (χ0v) is 10.1. The Morgan fingerprint density at radius 2 is 1.79 bits per heavy atom. The maximum Gasteiger partial charge on any atom is 0.156 e. The molecule has 0 spiro atoms. The summed E-state index contributed by atoms with van der Waals surface area (Å²) in [7, 11) is 0. The van der Waals surface area contributed by atoms with Crippen LogP contribution >= 0.6 is 35.8 Å². The molecular formula is C10H12Cl2OS. The van der Waals surface area contributed by atoms with Gasteiger partial charge in [-0.3, -0.25) is 0 Å². The van der Waals surface area contributed by atoms with E-state index in [1.165, 1.54) is 0 Å². The summed E-state index contributed by atoms with van der Waals surface area (Å²) >= 11 is 15.9. The van der Waals surface area contributed by atoms with Gasteiger partial charge in [-0.05, 0) is 30.7 Å². The summed E-state index contributed by atoms with van der Waals surface area (Å²) in [6.07, 6.45) is 2.00. The molecule has 0 atom stereocenters. The van der Waals surface area contributed by atoms with Crippen molar-refractivity contribution in [2.45, 2.75) is 12.8 Å². The lowest BCUT2D eigenvalue weighted by Gasteiger charge is -2.08. The fourth-order valence-electron chi connectivity index (χ4n) is 1.01. The van der Waals surface area contributed by atoms with Crippen LogP contribution in [0.5, 0.6) is 5.75 Å². The number of benzene rings is 1. The zero-order chi connectivity index (χ0) is 10.4. The predicted molar refractivity (Wildman–Crippen MR) is 65.0 cm³/mol. The largest absolute Gasteiger partial charge is 0.490 e. The first-order chi connectivity index (χ1) is 6.75. The molecule has 0 N–H and O–H groups in total. The first kappa shape index (κ1) is 12.0. The Morgan fingerprint density at radius 3 is 2.36 bits per heavy atom. The highest BCUT2D eigenvalue weighted by molar-refractivity contribution is 7.80. The lowest BCUT2D eigenvalue weighted by atomic mass is 10.3. The molecule has 0 aliphatic heterocycles. The molecular weight excluding hydrogens is 239 g/mol. The minimum absolute atomic E-state index is 0.559. The Balaban J connectivity index is 2.49. The van der Waals surface area contributed by atoms with Crippen molar-refractivity contribution in [3.05, 3.63) is 28.2 Å². The number of hydrogen-bond acceptors (Lipinski definition) is 2. The number of rotatable bonds is 5. The highest BCUT2D eigenvalue weighted by atomic mass is 35.5. The third kappa shape index (κ3) is 3.60. The number of halogens is 2. The summed E-state index contributed by atoms with van der Waals surface area (Å²) in [6.45, 7) is 0.629. The standard InChI is InChI=1S/C10H12Cl2OS/c11-8-4-3-5-9(12)10(8)13-6-1-2-7-14/h3-5,14H,1-2,6-7H2. The van der Waals surface area contributed by atoms with Crippen molar-refractivity contribution in [2.24, 2.45) is 0 Å². The summed E-state index contributed by atoms with van der Waals surface area (Å²) in [5.41, 5.74) is 0. The van der Waals surface area contributed by atoms with Crippen molar-refractivity contribution < 1.29 is 4.74 Å². The maximum absolute atomic E-state index is 5.92. The van der Waals surface area contributed by atoms with Gasteiger partial charge in [0, 0.05) is 0 Å². The van der Waals surface area contributed by atoms with Crippen molar-refractivity contribution in [3.8, 4) is 5.75 Å². The lowest BCUT2D eigenvalue weighted by molar-refractivity contribution is 0.310. The van der Waals surface area contributed by atoms with Crippen LogP contribution in [-0.4, -0.2) is 12.4 Å². The molecule has 0 unspecified atom stereocenters. The second kappa shape index (κ2) is 6.44. The highest BCUT2D eigenvalue weighted by Gasteiger charge is 2.05. The maximum atomic E-state index is 5.92. The number of hydrogen-bond donors (Lipinski definition) is 1. The van der Waals surface area contributed by atoms with Gasteiger partial charge in [-0.2, -0.15) is 12.6 Å². The van der Waals surface area contributed by atoms with E-state index in [2.05, 4.69) is 12.6 Å². The molecule has 0 aromatic heterocycles. The summed E-state index contributed by atoms with van der Waals surface area (Å²) < 4.78 is 5.47. The normalized spacial score (nSPS) is 10.2. The third-order valence-corrected chi connectivity index (χ3v) is 2.63.